The molecule has 2 aromatic heterocycles. The monoisotopic (exact) mass is 287 g/mol. The molecule has 0 aliphatic heterocycles. The summed E-state index contributed by atoms with van der Waals surface area (Å²) in [5, 5.41) is 5.93. The van der Waals surface area contributed by atoms with Gasteiger partial charge in [-0.1, -0.05) is 0 Å². The number of hydrogen-bond acceptors (Lipinski definition) is 6. The summed E-state index contributed by atoms with van der Waals surface area (Å²) in [6, 6.07) is 3.07. The van der Waals surface area contributed by atoms with Gasteiger partial charge >= 0.3 is 0 Å². The Kier molecular flexibility index (Phi) is 4.12. The Balaban J connectivity index is 1.91. The quantitative estimate of drug-likeness (QED) is 0.826. The van der Waals surface area contributed by atoms with Crippen LogP contribution in [0, 0.1) is 0 Å². The fraction of sp³-hybridized carbons (Fsp3) is 0.300. The highest BCUT2D eigenvalue weighted by molar-refractivity contribution is 7.89. The number of thiazole rings is 1. The molecule has 0 aromatic carbocycles. The number of nitrogens with zero attached hydrogens (tertiary/aromatic N) is 1. The van der Waals surface area contributed by atoms with Crippen LogP contribution in [0.25, 0.3) is 0 Å². The van der Waals surface area contributed by atoms with Gasteiger partial charge in [-0.15, -0.1) is 11.3 Å². The van der Waals surface area contributed by atoms with Gasteiger partial charge in [-0.3, -0.25) is 0 Å². The second-order valence-electron chi connectivity index (χ2n) is 3.46. The zero-order valence-electron chi connectivity index (χ0n) is 9.71. The van der Waals surface area contributed by atoms with E-state index in [4.69, 9.17) is 4.42 Å². The lowest BCUT2D eigenvalue weighted by Gasteiger charge is -2.00. The Morgan fingerprint density at radius 3 is 2.89 bits per heavy atom. The Morgan fingerprint density at radius 1 is 1.39 bits per heavy atom. The lowest BCUT2D eigenvalue weighted by molar-refractivity contribution is 0.400. The molecule has 0 spiro atoms. The number of rotatable bonds is 6. The Morgan fingerprint density at radius 2 is 2.22 bits per heavy atom. The van der Waals surface area contributed by atoms with E-state index < -0.39 is 10.0 Å². The van der Waals surface area contributed by atoms with Crippen molar-refractivity contribution in [3.05, 3.63) is 34.5 Å². The molecule has 0 atom stereocenters. The molecule has 0 amide bonds. The van der Waals surface area contributed by atoms with Crippen LogP contribution in [0.4, 0.5) is 0 Å². The van der Waals surface area contributed by atoms with E-state index in [0.717, 1.165) is 5.01 Å². The average molecular weight is 287 g/mol. The molecule has 0 saturated carbocycles. The molecule has 18 heavy (non-hydrogen) atoms. The van der Waals surface area contributed by atoms with Gasteiger partial charge < -0.3 is 9.73 Å². The summed E-state index contributed by atoms with van der Waals surface area (Å²) in [6.45, 7) is 1.09. The minimum Gasteiger partial charge on any atom is -0.447 e. The van der Waals surface area contributed by atoms with Crippen LogP contribution in [-0.2, 0) is 23.1 Å². The Labute approximate surface area is 109 Å². The van der Waals surface area contributed by atoms with Crippen molar-refractivity contribution in [3.63, 3.8) is 0 Å². The lowest BCUT2D eigenvalue weighted by atomic mass is 10.4. The molecule has 0 aliphatic rings. The third-order valence-corrected chi connectivity index (χ3v) is 4.30. The van der Waals surface area contributed by atoms with E-state index in [1.807, 2.05) is 5.38 Å². The van der Waals surface area contributed by atoms with Gasteiger partial charge in [0.15, 0.2) is 0 Å². The first kappa shape index (κ1) is 13.2. The normalized spacial score (nSPS) is 11.8. The van der Waals surface area contributed by atoms with Crippen LogP contribution in [0.1, 0.15) is 10.8 Å². The standard InChI is InChI=1S/C10H13N3O3S2/c1-11-18(14,15)10-3-2-8(16-10)6-12-7-9-13-4-5-17-9/h2-5,11-12H,6-7H2,1H3. The Hall–Kier alpha value is -1.22. The van der Waals surface area contributed by atoms with Crippen molar-refractivity contribution in [2.45, 2.75) is 18.2 Å². The van der Waals surface area contributed by atoms with Crippen LogP contribution in [0.2, 0.25) is 0 Å². The van der Waals surface area contributed by atoms with Crippen LogP contribution in [0.3, 0.4) is 0 Å². The molecule has 2 rings (SSSR count). The van der Waals surface area contributed by atoms with E-state index in [0.29, 0.717) is 18.8 Å². The topological polar surface area (TPSA) is 84.2 Å². The van der Waals surface area contributed by atoms with Crippen molar-refractivity contribution in [2.75, 3.05) is 7.05 Å². The predicted molar refractivity (Wildman–Crippen MR) is 67.6 cm³/mol. The molecule has 8 heteroatoms. The number of hydrogen-bond donors (Lipinski definition) is 2. The highest BCUT2D eigenvalue weighted by atomic mass is 32.2. The van der Waals surface area contributed by atoms with Crippen molar-refractivity contribution < 1.29 is 12.8 Å². The van der Waals surface area contributed by atoms with Crippen molar-refractivity contribution in [1.29, 1.82) is 0 Å². The van der Waals surface area contributed by atoms with Gasteiger partial charge in [0.05, 0.1) is 6.54 Å². The highest BCUT2D eigenvalue weighted by Crippen LogP contribution is 2.13. The maximum atomic E-state index is 11.4. The SMILES string of the molecule is CNS(=O)(=O)c1ccc(CNCc2nccs2)o1. The smallest absolute Gasteiger partial charge is 0.273 e. The number of sulfonamides is 1. The van der Waals surface area contributed by atoms with Gasteiger partial charge in [-0.25, -0.2) is 18.1 Å². The molecule has 2 N–H and O–H groups in total. The van der Waals surface area contributed by atoms with Crippen molar-refractivity contribution in [1.82, 2.24) is 15.0 Å². The second kappa shape index (κ2) is 5.61. The molecule has 0 fully saturated rings. The van der Waals surface area contributed by atoms with Crippen LogP contribution >= 0.6 is 11.3 Å². The first-order chi connectivity index (χ1) is 8.62. The van der Waals surface area contributed by atoms with E-state index in [1.165, 1.54) is 13.1 Å². The summed E-state index contributed by atoms with van der Waals surface area (Å²) < 4.78 is 30.3. The molecule has 0 unspecified atom stereocenters. The van der Waals surface area contributed by atoms with Gasteiger partial charge in [0.25, 0.3) is 10.0 Å². The first-order valence-corrected chi connectivity index (χ1v) is 7.59. The summed E-state index contributed by atoms with van der Waals surface area (Å²) >= 11 is 1.56. The Bertz CT molecular complexity index is 590. The van der Waals surface area contributed by atoms with Crippen LogP contribution in [0.15, 0.2) is 33.2 Å². The van der Waals surface area contributed by atoms with E-state index >= 15 is 0 Å². The third kappa shape index (κ3) is 3.16. The van der Waals surface area contributed by atoms with Crippen LogP contribution < -0.4 is 10.0 Å². The molecular formula is C10H13N3O3S2. The summed E-state index contributed by atoms with van der Waals surface area (Å²) in [6.07, 6.45) is 1.74. The maximum Gasteiger partial charge on any atom is 0.273 e. The highest BCUT2D eigenvalue weighted by Gasteiger charge is 2.15. The third-order valence-electron chi connectivity index (χ3n) is 2.23. The van der Waals surface area contributed by atoms with Gasteiger partial charge in [0.2, 0.25) is 5.09 Å². The summed E-state index contributed by atoms with van der Waals surface area (Å²) in [7, 11) is -2.15. The molecular weight excluding hydrogens is 274 g/mol. The molecule has 0 saturated heterocycles. The molecule has 2 heterocycles. The van der Waals surface area contributed by atoms with E-state index in [9.17, 15) is 8.42 Å². The summed E-state index contributed by atoms with van der Waals surface area (Å²) in [5.41, 5.74) is 0. The van der Waals surface area contributed by atoms with Gasteiger partial charge in [0, 0.05) is 18.1 Å². The fourth-order valence-corrected chi connectivity index (χ4v) is 2.58. The number of aromatic nitrogens is 1. The fourth-order valence-electron chi connectivity index (χ4n) is 1.33. The minimum absolute atomic E-state index is 0.0731. The lowest BCUT2D eigenvalue weighted by Crippen LogP contribution is -2.17. The van der Waals surface area contributed by atoms with Crippen molar-refractivity contribution >= 4 is 21.4 Å². The molecule has 0 bridgehead atoms. The van der Waals surface area contributed by atoms with Gasteiger partial charge in [-0.2, -0.15) is 0 Å². The summed E-state index contributed by atoms with van der Waals surface area (Å²) in [4.78, 5) is 4.12. The maximum absolute atomic E-state index is 11.4. The second-order valence-corrected chi connectivity index (χ2v) is 6.25. The van der Waals surface area contributed by atoms with Gasteiger partial charge in [-0.05, 0) is 19.2 Å². The molecule has 2 aromatic rings. The molecule has 0 radical (unpaired) electrons. The molecule has 6 nitrogen and oxygen atoms in total. The van der Waals surface area contributed by atoms with E-state index in [1.54, 1.807) is 23.6 Å². The van der Waals surface area contributed by atoms with Crippen LogP contribution in [0.5, 0.6) is 0 Å². The minimum atomic E-state index is -3.50. The van der Waals surface area contributed by atoms with Gasteiger partial charge in [0.1, 0.15) is 10.8 Å². The first-order valence-electron chi connectivity index (χ1n) is 5.23. The van der Waals surface area contributed by atoms with Crippen molar-refractivity contribution in [2.24, 2.45) is 0 Å². The molecule has 0 aliphatic carbocycles. The predicted octanol–water partition coefficient (Wildman–Crippen LogP) is 0.934. The number of furan rings is 1. The molecule has 98 valence electrons. The zero-order valence-corrected chi connectivity index (χ0v) is 11.3. The zero-order chi connectivity index (χ0) is 13.0. The van der Waals surface area contributed by atoms with Crippen LogP contribution in [-0.4, -0.2) is 20.4 Å². The summed E-state index contributed by atoms with van der Waals surface area (Å²) in [5.74, 6) is 0.570. The van der Waals surface area contributed by atoms with Crippen molar-refractivity contribution in [3.8, 4) is 0 Å². The largest absolute Gasteiger partial charge is 0.447 e. The average Bonchev–Trinajstić information content (AvgIpc) is 3.00. The number of nitrogens with one attached hydrogen (secondary N) is 2. The van der Waals surface area contributed by atoms with E-state index in [2.05, 4.69) is 15.0 Å². The van der Waals surface area contributed by atoms with E-state index in [-0.39, 0.29) is 5.09 Å².